The number of rotatable bonds is 7. The molecule has 5 nitrogen and oxygen atoms in total. The van der Waals surface area contributed by atoms with Crippen molar-refractivity contribution in [3.63, 3.8) is 0 Å². The van der Waals surface area contributed by atoms with E-state index < -0.39 is 0 Å². The van der Waals surface area contributed by atoms with E-state index in [1.165, 1.54) is 4.90 Å². The predicted molar refractivity (Wildman–Crippen MR) is 121 cm³/mol. The number of hydrogen-bond donors (Lipinski definition) is 0. The highest BCUT2D eigenvalue weighted by Gasteiger charge is 2.41. The second kappa shape index (κ2) is 9.14. The van der Waals surface area contributed by atoms with Crippen LogP contribution in [0.2, 0.25) is 5.02 Å². The molecule has 1 aliphatic heterocycles. The molecule has 3 aromatic rings. The van der Waals surface area contributed by atoms with Crippen molar-refractivity contribution in [3.8, 4) is 0 Å². The Bertz CT molecular complexity index is 1110. The molecular formula is C25H22ClN3O2. The lowest BCUT2D eigenvalue weighted by Crippen LogP contribution is -2.34. The maximum atomic E-state index is 13.5. The van der Waals surface area contributed by atoms with Crippen molar-refractivity contribution in [1.29, 1.82) is 0 Å². The van der Waals surface area contributed by atoms with E-state index >= 15 is 0 Å². The van der Waals surface area contributed by atoms with E-state index in [-0.39, 0.29) is 18.4 Å². The average molecular weight is 432 g/mol. The maximum absolute atomic E-state index is 13.5. The highest BCUT2D eigenvalue weighted by Crippen LogP contribution is 2.33. The Morgan fingerprint density at radius 3 is 2.19 bits per heavy atom. The van der Waals surface area contributed by atoms with E-state index in [9.17, 15) is 9.59 Å². The molecule has 0 N–H and O–H groups in total. The van der Waals surface area contributed by atoms with Crippen LogP contribution in [0.15, 0.2) is 84.8 Å². The molecule has 6 heteroatoms. The quantitative estimate of drug-likeness (QED) is 0.515. The second-order valence-corrected chi connectivity index (χ2v) is 7.72. The largest absolute Gasteiger partial charge is 0.362 e. The van der Waals surface area contributed by atoms with Crippen molar-refractivity contribution in [2.24, 2.45) is 0 Å². The van der Waals surface area contributed by atoms with Crippen LogP contribution in [0.3, 0.4) is 0 Å². The monoisotopic (exact) mass is 431 g/mol. The minimum absolute atomic E-state index is 0.198. The van der Waals surface area contributed by atoms with Gasteiger partial charge in [0.1, 0.15) is 5.70 Å². The Morgan fingerprint density at radius 1 is 0.871 bits per heavy atom. The third kappa shape index (κ3) is 4.37. The summed E-state index contributed by atoms with van der Waals surface area (Å²) in [4.78, 5) is 34.3. The van der Waals surface area contributed by atoms with Gasteiger partial charge >= 0.3 is 0 Å². The van der Waals surface area contributed by atoms with Gasteiger partial charge in [-0.3, -0.25) is 19.5 Å². The molecule has 0 saturated heterocycles. The molecule has 2 heterocycles. The fraction of sp³-hybridized carbons (Fsp3) is 0.160. The summed E-state index contributed by atoms with van der Waals surface area (Å²) in [5.41, 5.74) is 3.43. The summed E-state index contributed by atoms with van der Waals surface area (Å²) in [5, 5.41) is 0.577. The Labute approximate surface area is 186 Å². The molecule has 0 atom stereocenters. The minimum Gasteiger partial charge on any atom is -0.362 e. The van der Waals surface area contributed by atoms with Gasteiger partial charge in [-0.25, -0.2) is 0 Å². The Hall–Kier alpha value is -3.44. The number of carbonyl (C=O) groups is 2. The number of carbonyl (C=O) groups excluding carboxylic acids is 2. The summed E-state index contributed by atoms with van der Waals surface area (Å²) < 4.78 is 0. The van der Waals surface area contributed by atoms with Crippen LogP contribution in [-0.4, -0.2) is 33.1 Å². The average Bonchev–Trinajstić information content (AvgIpc) is 3.04. The number of imide groups is 1. The summed E-state index contributed by atoms with van der Waals surface area (Å²) in [6.07, 6.45) is 3.31. The smallest absolute Gasteiger partial charge is 0.278 e. The van der Waals surface area contributed by atoms with Crippen molar-refractivity contribution in [1.82, 2.24) is 14.8 Å². The van der Waals surface area contributed by atoms with Crippen molar-refractivity contribution in [3.05, 3.63) is 107 Å². The number of likely N-dealkylation sites (N-methyl/N-ethyl adjacent to an activating group) is 1. The fourth-order valence-corrected chi connectivity index (χ4v) is 3.83. The van der Waals surface area contributed by atoms with Gasteiger partial charge in [-0.1, -0.05) is 54.1 Å². The first-order valence-electron chi connectivity index (χ1n) is 10.1. The second-order valence-electron chi connectivity index (χ2n) is 7.28. The lowest BCUT2D eigenvalue weighted by molar-refractivity contribution is -0.138. The fourth-order valence-electron chi connectivity index (χ4n) is 3.70. The number of amides is 2. The summed E-state index contributed by atoms with van der Waals surface area (Å²) >= 11 is 6.06. The lowest BCUT2D eigenvalue weighted by atomic mass is 10.0. The number of pyridine rings is 1. The van der Waals surface area contributed by atoms with Crippen molar-refractivity contribution in [2.75, 3.05) is 6.54 Å². The zero-order valence-corrected chi connectivity index (χ0v) is 17.9. The van der Waals surface area contributed by atoms with Gasteiger partial charge in [0, 0.05) is 30.5 Å². The normalized spacial score (nSPS) is 13.8. The van der Waals surface area contributed by atoms with Gasteiger partial charge in [-0.05, 0) is 47.9 Å². The van der Waals surface area contributed by atoms with E-state index in [1.807, 2.05) is 54.3 Å². The molecule has 31 heavy (non-hydrogen) atoms. The van der Waals surface area contributed by atoms with E-state index in [1.54, 1.807) is 36.7 Å². The van der Waals surface area contributed by atoms with E-state index in [4.69, 9.17) is 11.6 Å². The van der Waals surface area contributed by atoms with Crippen LogP contribution in [0.25, 0.3) is 5.57 Å². The Balaban J connectivity index is 1.76. The minimum atomic E-state index is -0.300. The van der Waals surface area contributed by atoms with Gasteiger partial charge in [0.05, 0.1) is 12.1 Å². The van der Waals surface area contributed by atoms with Gasteiger partial charge in [0.2, 0.25) is 0 Å². The standard InChI is InChI=1S/C25H22ClN3O2/c1-2-28(16-18-6-4-3-5-7-18)23-22(20-8-10-21(26)11-9-20)24(30)29(25(23)31)17-19-12-14-27-15-13-19/h3-15H,2,16-17H2,1H3. The third-order valence-electron chi connectivity index (χ3n) is 5.28. The zero-order valence-electron chi connectivity index (χ0n) is 17.2. The number of hydrogen-bond acceptors (Lipinski definition) is 4. The van der Waals surface area contributed by atoms with E-state index in [0.717, 1.165) is 11.1 Å². The zero-order chi connectivity index (χ0) is 21.8. The van der Waals surface area contributed by atoms with Gasteiger partial charge in [0.25, 0.3) is 11.8 Å². The molecule has 2 amide bonds. The molecule has 0 saturated carbocycles. The number of aromatic nitrogens is 1. The van der Waals surface area contributed by atoms with Crippen LogP contribution in [0.4, 0.5) is 0 Å². The number of nitrogens with zero attached hydrogens (tertiary/aromatic N) is 3. The molecule has 1 aliphatic rings. The molecule has 0 radical (unpaired) electrons. The molecule has 156 valence electrons. The highest BCUT2D eigenvalue weighted by molar-refractivity contribution is 6.35. The molecule has 0 bridgehead atoms. The molecule has 0 spiro atoms. The summed E-state index contributed by atoms with van der Waals surface area (Å²) in [6.45, 7) is 3.30. The number of benzene rings is 2. The van der Waals surface area contributed by atoms with Crippen LogP contribution in [0.5, 0.6) is 0 Å². The highest BCUT2D eigenvalue weighted by atomic mass is 35.5. The van der Waals surface area contributed by atoms with Gasteiger partial charge in [-0.2, -0.15) is 0 Å². The van der Waals surface area contributed by atoms with Crippen molar-refractivity contribution in [2.45, 2.75) is 20.0 Å². The summed E-state index contributed by atoms with van der Waals surface area (Å²) in [7, 11) is 0. The molecule has 2 aromatic carbocycles. The molecule has 0 fully saturated rings. The third-order valence-corrected chi connectivity index (χ3v) is 5.53. The Kier molecular flexibility index (Phi) is 6.14. The first-order valence-corrected chi connectivity index (χ1v) is 10.5. The van der Waals surface area contributed by atoms with Crippen molar-refractivity contribution >= 4 is 29.0 Å². The van der Waals surface area contributed by atoms with Crippen molar-refractivity contribution < 1.29 is 9.59 Å². The topological polar surface area (TPSA) is 53.5 Å². The van der Waals surface area contributed by atoms with E-state index in [0.29, 0.717) is 34.9 Å². The first kappa shape index (κ1) is 20.8. The maximum Gasteiger partial charge on any atom is 0.278 e. The molecule has 1 aromatic heterocycles. The molecule has 0 aliphatic carbocycles. The van der Waals surface area contributed by atoms with E-state index in [2.05, 4.69) is 4.98 Å². The Morgan fingerprint density at radius 2 is 1.55 bits per heavy atom. The molecule has 0 unspecified atom stereocenters. The predicted octanol–water partition coefficient (Wildman–Crippen LogP) is 4.54. The van der Waals surface area contributed by atoms with Gasteiger partial charge in [0.15, 0.2) is 0 Å². The SMILES string of the molecule is CCN(Cc1ccccc1)C1=C(c2ccc(Cl)cc2)C(=O)N(Cc2ccncc2)C1=O. The van der Waals surface area contributed by atoms with Crippen LogP contribution < -0.4 is 0 Å². The molecule has 4 rings (SSSR count). The lowest BCUT2D eigenvalue weighted by Gasteiger charge is -2.25. The van der Waals surface area contributed by atoms with Crippen LogP contribution in [-0.2, 0) is 22.7 Å². The van der Waals surface area contributed by atoms with Crippen LogP contribution >= 0.6 is 11.6 Å². The summed E-state index contributed by atoms with van der Waals surface area (Å²) in [6, 6.07) is 20.6. The first-order chi connectivity index (χ1) is 15.1. The van der Waals surface area contributed by atoms with Gasteiger partial charge in [-0.15, -0.1) is 0 Å². The van der Waals surface area contributed by atoms with Gasteiger partial charge < -0.3 is 4.90 Å². The van der Waals surface area contributed by atoms with Crippen LogP contribution in [0.1, 0.15) is 23.6 Å². The number of halogens is 1. The van der Waals surface area contributed by atoms with Crippen LogP contribution in [0, 0.1) is 0 Å². The molecular weight excluding hydrogens is 410 g/mol. The summed E-state index contributed by atoms with van der Waals surface area (Å²) in [5.74, 6) is -0.588.